The van der Waals surface area contributed by atoms with Gasteiger partial charge in [0.15, 0.2) is 5.69 Å². The number of benzene rings is 1. The van der Waals surface area contributed by atoms with Gasteiger partial charge in [-0.3, -0.25) is 23.6 Å². The van der Waals surface area contributed by atoms with E-state index in [0.717, 1.165) is 48.1 Å². The number of fused-ring (bicyclic) bond motifs is 1. The van der Waals surface area contributed by atoms with Crippen LogP contribution in [0.4, 0.5) is 5.69 Å². The standard InChI is InChI=1S/C30H36ClN7O3S/c1-16-13-21(17(2)33-24-11-12-25(31)34-27(24)29(39)36-42-6)26-22(14-16)30(40)37(4)28(35-26)23-15-32-38(18(23)3)19-7-9-20(41-5)10-8-19/h11-15,17,19-20,33H,7-10H2,1-6H3,(H,36,39). The quantitative estimate of drug-likeness (QED) is 0.191. The van der Waals surface area contributed by atoms with E-state index < -0.39 is 0 Å². The number of rotatable bonds is 8. The summed E-state index contributed by atoms with van der Waals surface area (Å²) in [5.74, 6) is 0.207. The van der Waals surface area contributed by atoms with Crippen molar-refractivity contribution < 1.29 is 9.53 Å². The second-order valence-corrected chi connectivity index (χ2v) is 11.8. The summed E-state index contributed by atoms with van der Waals surface area (Å²) in [7, 11) is 3.53. The second kappa shape index (κ2) is 12.4. The molecule has 1 atom stereocenters. The number of nitrogens with zero attached hydrogens (tertiary/aromatic N) is 5. The third-order valence-corrected chi connectivity index (χ3v) is 8.67. The molecule has 1 fully saturated rings. The highest BCUT2D eigenvalue weighted by atomic mass is 35.5. The minimum absolute atomic E-state index is 0.131. The van der Waals surface area contributed by atoms with Crippen LogP contribution in [0.1, 0.15) is 72.0 Å². The molecule has 0 spiro atoms. The van der Waals surface area contributed by atoms with Crippen molar-refractivity contribution in [1.82, 2.24) is 29.0 Å². The first-order valence-electron chi connectivity index (χ1n) is 14.0. The Morgan fingerprint density at radius 1 is 1.17 bits per heavy atom. The van der Waals surface area contributed by atoms with Crippen molar-refractivity contribution in [2.45, 2.75) is 64.6 Å². The molecule has 1 aromatic carbocycles. The van der Waals surface area contributed by atoms with Gasteiger partial charge in [-0.25, -0.2) is 9.97 Å². The summed E-state index contributed by atoms with van der Waals surface area (Å²) in [4.78, 5) is 35.8. The lowest BCUT2D eigenvalue weighted by Crippen LogP contribution is -2.24. The third kappa shape index (κ3) is 5.77. The molecule has 1 saturated carbocycles. The minimum Gasteiger partial charge on any atom is -0.381 e. The molecule has 0 aliphatic heterocycles. The molecule has 2 N–H and O–H groups in total. The number of ether oxygens (including phenoxy) is 1. The molecule has 3 heterocycles. The zero-order valence-electron chi connectivity index (χ0n) is 24.7. The van der Waals surface area contributed by atoms with Crippen LogP contribution in [0.2, 0.25) is 5.15 Å². The third-order valence-electron chi connectivity index (χ3n) is 8.07. The normalized spacial score (nSPS) is 17.8. The smallest absolute Gasteiger partial charge is 0.281 e. The van der Waals surface area contributed by atoms with Crippen molar-refractivity contribution in [3.8, 4) is 11.4 Å². The summed E-state index contributed by atoms with van der Waals surface area (Å²) in [5, 5.41) is 8.90. The summed E-state index contributed by atoms with van der Waals surface area (Å²) in [5.41, 5.74) is 4.76. The highest BCUT2D eigenvalue weighted by Crippen LogP contribution is 2.34. The van der Waals surface area contributed by atoms with E-state index in [4.69, 9.17) is 26.4 Å². The molecule has 5 rings (SSSR count). The number of halogens is 1. The van der Waals surface area contributed by atoms with Crippen LogP contribution in [0.3, 0.4) is 0 Å². The van der Waals surface area contributed by atoms with Crippen LogP contribution in [0, 0.1) is 13.8 Å². The second-order valence-electron chi connectivity index (χ2n) is 10.8. The van der Waals surface area contributed by atoms with Gasteiger partial charge in [0.25, 0.3) is 11.5 Å². The van der Waals surface area contributed by atoms with Crippen molar-refractivity contribution in [3.05, 3.63) is 68.5 Å². The maximum Gasteiger partial charge on any atom is 0.281 e. The van der Waals surface area contributed by atoms with E-state index >= 15 is 0 Å². The monoisotopic (exact) mass is 609 g/mol. The molecule has 4 aromatic rings. The van der Waals surface area contributed by atoms with E-state index in [1.165, 1.54) is 11.9 Å². The molecular weight excluding hydrogens is 574 g/mol. The first-order chi connectivity index (χ1) is 20.1. The molecule has 10 nitrogen and oxygen atoms in total. The molecule has 1 aliphatic rings. The number of pyridine rings is 1. The molecule has 0 bridgehead atoms. The Hall–Kier alpha value is -3.41. The number of nitrogens with one attached hydrogen (secondary N) is 2. The van der Waals surface area contributed by atoms with Crippen LogP contribution in [0.25, 0.3) is 22.3 Å². The highest BCUT2D eigenvalue weighted by Gasteiger charge is 2.26. The average Bonchev–Trinajstić information content (AvgIpc) is 3.36. The summed E-state index contributed by atoms with van der Waals surface area (Å²) in [6.45, 7) is 5.96. The van der Waals surface area contributed by atoms with E-state index in [1.54, 1.807) is 37.1 Å². The van der Waals surface area contributed by atoms with Gasteiger partial charge in [-0.15, -0.1) is 0 Å². The maximum absolute atomic E-state index is 13.7. The van der Waals surface area contributed by atoms with Crippen LogP contribution in [0.5, 0.6) is 0 Å². The fourth-order valence-electron chi connectivity index (χ4n) is 5.84. The van der Waals surface area contributed by atoms with Gasteiger partial charge in [0.1, 0.15) is 11.0 Å². The molecule has 42 heavy (non-hydrogen) atoms. The molecule has 3 aromatic heterocycles. The van der Waals surface area contributed by atoms with Crippen molar-refractivity contribution in [1.29, 1.82) is 0 Å². The molecular formula is C30H36ClN7O3S. The SMILES string of the molecule is COC1CCC(n2ncc(-c3nc4c(C(C)Nc5ccc(Cl)nc5C(=O)NSC)cc(C)cc4c(=O)n3C)c2C)CC1. The largest absolute Gasteiger partial charge is 0.381 e. The Morgan fingerprint density at radius 2 is 1.90 bits per heavy atom. The lowest BCUT2D eigenvalue weighted by atomic mass is 9.93. The van der Waals surface area contributed by atoms with E-state index in [1.807, 2.05) is 39.1 Å². The predicted octanol–water partition coefficient (Wildman–Crippen LogP) is 5.77. The topological polar surface area (TPSA) is 116 Å². The van der Waals surface area contributed by atoms with Crippen LogP contribution >= 0.6 is 23.5 Å². The summed E-state index contributed by atoms with van der Waals surface area (Å²) >= 11 is 7.30. The fourth-order valence-corrected chi connectivity index (χ4v) is 6.27. The number of hydrogen-bond donors (Lipinski definition) is 2. The van der Waals surface area contributed by atoms with Gasteiger partial charge in [0, 0.05) is 31.7 Å². The number of carbonyl (C=O) groups is 1. The highest BCUT2D eigenvalue weighted by molar-refractivity contribution is 7.97. The molecule has 222 valence electrons. The summed E-state index contributed by atoms with van der Waals surface area (Å²) in [6, 6.07) is 7.23. The predicted molar refractivity (Wildman–Crippen MR) is 168 cm³/mol. The molecule has 0 radical (unpaired) electrons. The van der Waals surface area contributed by atoms with Crippen LogP contribution in [0.15, 0.2) is 35.3 Å². The Morgan fingerprint density at radius 3 is 2.60 bits per heavy atom. The van der Waals surface area contributed by atoms with E-state index in [0.29, 0.717) is 28.5 Å². The molecule has 0 saturated heterocycles. The summed E-state index contributed by atoms with van der Waals surface area (Å²) < 4.78 is 11.9. The first kappa shape index (κ1) is 30.1. The fraction of sp³-hybridized carbons (Fsp3) is 0.433. The average molecular weight is 610 g/mol. The van der Waals surface area contributed by atoms with Gasteiger partial charge in [-0.2, -0.15) is 5.10 Å². The number of methoxy groups -OCH3 is 1. The van der Waals surface area contributed by atoms with Crippen LogP contribution < -0.4 is 15.6 Å². The zero-order chi connectivity index (χ0) is 30.1. The number of anilines is 1. The number of aromatic nitrogens is 5. The van der Waals surface area contributed by atoms with E-state index in [2.05, 4.69) is 19.7 Å². The molecule has 12 heteroatoms. The molecule has 1 amide bonds. The summed E-state index contributed by atoms with van der Waals surface area (Å²) in [6.07, 6.45) is 7.87. The molecule has 1 unspecified atom stereocenters. The van der Waals surface area contributed by atoms with Crippen molar-refractivity contribution >= 4 is 46.0 Å². The van der Waals surface area contributed by atoms with Crippen molar-refractivity contribution in [2.24, 2.45) is 7.05 Å². The Bertz CT molecular complexity index is 1690. The Kier molecular flexibility index (Phi) is 8.91. The number of amides is 1. The van der Waals surface area contributed by atoms with Gasteiger partial charge in [-0.1, -0.05) is 29.6 Å². The Balaban J connectivity index is 1.56. The lowest BCUT2D eigenvalue weighted by molar-refractivity contribution is 0.0565. The number of hydrogen-bond acceptors (Lipinski definition) is 8. The van der Waals surface area contributed by atoms with Gasteiger partial charge >= 0.3 is 0 Å². The lowest BCUT2D eigenvalue weighted by Gasteiger charge is -2.28. The van der Waals surface area contributed by atoms with Crippen molar-refractivity contribution in [2.75, 3.05) is 18.7 Å². The minimum atomic E-state index is -0.355. The van der Waals surface area contributed by atoms with E-state index in [-0.39, 0.29) is 34.4 Å². The van der Waals surface area contributed by atoms with Gasteiger partial charge in [0.2, 0.25) is 0 Å². The van der Waals surface area contributed by atoms with E-state index in [9.17, 15) is 9.59 Å². The first-order valence-corrected chi connectivity index (χ1v) is 15.6. The maximum atomic E-state index is 13.7. The van der Waals surface area contributed by atoms with Crippen molar-refractivity contribution in [3.63, 3.8) is 0 Å². The van der Waals surface area contributed by atoms with Crippen LogP contribution in [-0.4, -0.2) is 49.7 Å². The number of carbonyl (C=O) groups excluding carboxylic acids is 1. The van der Waals surface area contributed by atoms with Crippen LogP contribution in [-0.2, 0) is 11.8 Å². The van der Waals surface area contributed by atoms with Gasteiger partial charge in [0.05, 0.1) is 46.5 Å². The van der Waals surface area contributed by atoms with Gasteiger partial charge < -0.3 is 10.1 Å². The molecule has 1 aliphatic carbocycles. The van der Waals surface area contributed by atoms with Gasteiger partial charge in [-0.05, 0) is 70.2 Å². The Labute approximate surface area is 254 Å². The number of aryl methyl sites for hydroxylation is 1. The zero-order valence-corrected chi connectivity index (χ0v) is 26.3.